The van der Waals surface area contributed by atoms with Crippen LogP contribution in [0.1, 0.15) is 19.3 Å². The number of rotatable bonds is 5. The molecule has 0 atom stereocenters. The first kappa shape index (κ1) is 13.8. The maximum Gasteiger partial charge on any atom is 0.234 e. The van der Waals surface area contributed by atoms with Crippen molar-refractivity contribution in [2.75, 3.05) is 58.9 Å². The Morgan fingerprint density at radius 2 is 1.78 bits per heavy atom. The van der Waals surface area contributed by atoms with Gasteiger partial charge in [0, 0.05) is 26.2 Å². The van der Waals surface area contributed by atoms with E-state index in [0.29, 0.717) is 6.54 Å². The van der Waals surface area contributed by atoms with E-state index in [1.54, 1.807) is 0 Å². The van der Waals surface area contributed by atoms with Gasteiger partial charge in [0.1, 0.15) is 0 Å². The molecule has 2 heterocycles. The molecular formula is C13H26N4O. The van der Waals surface area contributed by atoms with Crippen LogP contribution in [0.5, 0.6) is 0 Å². The zero-order valence-electron chi connectivity index (χ0n) is 11.3. The summed E-state index contributed by atoms with van der Waals surface area (Å²) >= 11 is 0. The van der Waals surface area contributed by atoms with Crippen molar-refractivity contribution in [2.45, 2.75) is 19.3 Å². The molecule has 2 fully saturated rings. The monoisotopic (exact) mass is 254 g/mol. The molecule has 0 unspecified atom stereocenters. The largest absolute Gasteiger partial charge is 0.354 e. The van der Waals surface area contributed by atoms with E-state index < -0.39 is 0 Å². The van der Waals surface area contributed by atoms with Crippen LogP contribution in [0.15, 0.2) is 0 Å². The second-order valence-corrected chi connectivity index (χ2v) is 5.28. The Bertz CT molecular complexity index is 245. The van der Waals surface area contributed by atoms with Gasteiger partial charge < -0.3 is 15.5 Å². The number of carbonyl (C=O) groups is 1. The predicted molar refractivity (Wildman–Crippen MR) is 72.6 cm³/mol. The lowest BCUT2D eigenvalue weighted by atomic mass is 10.4. The minimum absolute atomic E-state index is 0.177. The molecule has 18 heavy (non-hydrogen) atoms. The van der Waals surface area contributed by atoms with Crippen LogP contribution in [0.25, 0.3) is 0 Å². The molecule has 0 aromatic carbocycles. The van der Waals surface area contributed by atoms with Crippen LogP contribution in [0.2, 0.25) is 0 Å². The SMILES string of the molecule is O=C(CN1CCCNCC1)NCCN1CCCC1. The van der Waals surface area contributed by atoms with Gasteiger partial charge in [-0.15, -0.1) is 0 Å². The molecule has 2 aliphatic heterocycles. The van der Waals surface area contributed by atoms with Gasteiger partial charge in [0.2, 0.25) is 5.91 Å². The standard InChI is InChI=1S/C13H26N4O/c18-13(12-17-9-3-4-14-5-10-17)15-6-11-16-7-1-2-8-16/h14H,1-12H2,(H,15,18). The lowest BCUT2D eigenvalue weighted by Gasteiger charge is -2.19. The fourth-order valence-electron chi connectivity index (χ4n) is 2.68. The third-order valence-corrected chi connectivity index (χ3v) is 3.75. The first-order valence-corrected chi connectivity index (χ1v) is 7.27. The molecule has 0 saturated carbocycles. The van der Waals surface area contributed by atoms with E-state index in [4.69, 9.17) is 0 Å². The Labute approximate surface area is 110 Å². The number of nitrogens with one attached hydrogen (secondary N) is 2. The molecule has 0 spiro atoms. The van der Waals surface area contributed by atoms with E-state index in [9.17, 15) is 4.79 Å². The molecule has 104 valence electrons. The van der Waals surface area contributed by atoms with Crippen molar-refractivity contribution >= 4 is 5.91 Å². The molecule has 2 aliphatic rings. The van der Waals surface area contributed by atoms with Crippen LogP contribution in [0, 0.1) is 0 Å². The summed E-state index contributed by atoms with van der Waals surface area (Å²) in [6.45, 7) is 8.86. The molecule has 0 aromatic rings. The molecule has 0 aromatic heterocycles. The quantitative estimate of drug-likeness (QED) is 0.694. The lowest BCUT2D eigenvalue weighted by molar-refractivity contribution is -0.122. The number of likely N-dealkylation sites (tertiary alicyclic amines) is 1. The lowest BCUT2D eigenvalue weighted by Crippen LogP contribution is -2.41. The number of hydrogen-bond donors (Lipinski definition) is 2. The average Bonchev–Trinajstić information content (AvgIpc) is 2.74. The molecule has 2 rings (SSSR count). The fraction of sp³-hybridized carbons (Fsp3) is 0.923. The zero-order valence-corrected chi connectivity index (χ0v) is 11.3. The summed E-state index contributed by atoms with van der Waals surface area (Å²) in [6, 6.07) is 0. The highest BCUT2D eigenvalue weighted by Crippen LogP contribution is 2.05. The van der Waals surface area contributed by atoms with Gasteiger partial charge in [0.15, 0.2) is 0 Å². The van der Waals surface area contributed by atoms with Gasteiger partial charge >= 0.3 is 0 Å². The van der Waals surface area contributed by atoms with Gasteiger partial charge in [0.05, 0.1) is 6.54 Å². The Morgan fingerprint density at radius 1 is 1.00 bits per heavy atom. The molecule has 5 heteroatoms. The maximum atomic E-state index is 11.8. The Balaban J connectivity index is 1.56. The van der Waals surface area contributed by atoms with Crippen LogP contribution < -0.4 is 10.6 Å². The topological polar surface area (TPSA) is 47.6 Å². The molecule has 2 saturated heterocycles. The highest BCUT2D eigenvalue weighted by molar-refractivity contribution is 5.77. The summed E-state index contributed by atoms with van der Waals surface area (Å²) in [5, 5.41) is 6.39. The summed E-state index contributed by atoms with van der Waals surface area (Å²) in [5.41, 5.74) is 0. The normalized spacial score (nSPS) is 22.9. The van der Waals surface area contributed by atoms with Crippen LogP contribution in [-0.4, -0.2) is 74.6 Å². The molecule has 2 N–H and O–H groups in total. The van der Waals surface area contributed by atoms with Crippen molar-refractivity contribution in [3.63, 3.8) is 0 Å². The molecular weight excluding hydrogens is 228 g/mol. The zero-order chi connectivity index (χ0) is 12.6. The van der Waals surface area contributed by atoms with E-state index in [1.807, 2.05) is 0 Å². The van der Waals surface area contributed by atoms with Crippen molar-refractivity contribution in [3.8, 4) is 0 Å². The van der Waals surface area contributed by atoms with Gasteiger partial charge in [0.25, 0.3) is 0 Å². The predicted octanol–water partition coefficient (Wildman–Crippen LogP) is -0.506. The van der Waals surface area contributed by atoms with Crippen LogP contribution in [0.4, 0.5) is 0 Å². The maximum absolute atomic E-state index is 11.8. The summed E-state index contributed by atoms with van der Waals surface area (Å²) in [6.07, 6.45) is 3.77. The van der Waals surface area contributed by atoms with E-state index in [2.05, 4.69) is 20.4 Å². The van der Waals surface area contributed by atoms with Gasteiger partial charge in [-0.3, -0.25) is 9.69 Å². The second kappa shape index (κ2) is 7.71. The molecule has 5 nitrogen and oxygen atoms in total. The first-order valence-electron chi connectivity index (χ1n) is 7.27. The minimum Gasteiger partial charge on any atom is -0.354 e. The van der Waals surface area contributed by atoms with Crippen LogP contribution in [-0.2, 0) is 4.79 Å². The molecule has 0 aliphatic carbocycles. The van der Waals surface area contributed by atoms with E-state index in [1.165, 1.54) is 25.9 Å². The van der Waals surface area contributed by atoms with Crippen molar-refractivity contribution in [3.05, 3.63) is 0 Å². The van der Waals surface area contributed by atoms with Crippen molar-refractivity contribution in [2.24, 2.45) is 0 Å². The first-order chi connectivity index (χ1) is 8.84. The Hall–Kier alpha value is -0.650. The summed E-state index contributed by atoms with van der Waals surface area (Å²) in [4.78, 5) is 16.5. The van der Waals surface area contributed by atoms with Crippen molar-refractivity contribution in [1.82, 2.24) is 20.4 Å². The van der Waals surface area contributed by atoms with Crippen molar-refractivity contribution in [1.29, 1.82) is 0 Å². The summed E-state index contributed by atoms with van der Waals surface area (Å²) in [5.74, 6) is 0.177. The summed E-state index contributed by atoms with van der Waals surface area (Å²) in [7, 11) is 0. The highest BCUT2D eigenvalue weighted by atomic mass is 16.2. The van der Waals surface area contributed by atoms with E-state index in [-0.39, 0.29) is 5.91 Å². The van der Waals surface area contributed by atoms with Crippen molar-refractivity contribution < 1.29 is 4.79 Å². The smallest absolute Gasteiger partial charge is 0.234 e. The van der Waals surface area contributed by atoms with E-state index >= 15 is 0 Å². The number of nitrogens with zero attached hydrogens (tertiary/aromatic N) is 2. The molecule has 0 radical (unpaired) electrons. The third kappa shape index (κ3) is 4.92. The van der Waals surface area contributed by atoms with Gasteiger partial charge in [-0.2, -0.15) is 0 Å². The second-order valence-electron chi connectivity index (χ2n) is 5.28. The minimum atomic E-state index is 0.177. The summed E-state index contributed by atoms with van der Waals surface area (Å²) < 4.78 is 0. The highest BCUT2D eigenvalue weighted by Gasteiger charge is 2.14. The van der Waals surface area contributed by atoms with Gasteiger partial charge in [-0.05, 0) is 45.4 Å². The average molecular weight is 254 g/mol. The third-order valence-electron chi connectivity index (χ3n) is 3.75. The Morgan fingerprint density at radius 3 is 2.61 bits per heavy atom. The van der Waals surface area contributed by atoms with Gasteiger partial charge in [-0.1, -0.05) is 0 Å². The Kier molecular flexibility index (Phi) is 5.90. The van der Waals surface area contributed by atoms with Gasteiger partial charge in [-0.25, -0.2) is 0 Å². The number of carbonyl (C=O) groups excluding carboxylic acids is 1. The van der Waals surface area contributed by atoms with E-state index in [0.717, 1.165) is 45.7 Å². The number of hydrogen-bond acceptors (Lipinski definition) is 4. The molecule has 0 bridgehead atoms. The van der Waals surface area contributed by atoms with Crippen LogP contribution in [0.3, 0.4) is 0 Å². The van der Waals surface area contributed by atoms with Crippen LogP contribution >= 0.6 is 0 Å². The fourth-order valence-corrected chi connectivity index (χ4v) is 2.68. The molecule has 1 amide bonds. The number of amides is 1.